The maximum atomic E-state index is 16.0. The zero-order valence-electron chi connectivity index (χ0n) is 36.8. The minimum Gasteiger partial charge on any atom is -0.385 e. The van der Waals surface area contributed by atoms with Crippen molar-refractivity contribution in [3.05, 3.63) is 76.0 Å². The Morgan fingerprint density at radius 3 is 2.49 bits per heavy atom. The number of piperidine rings is 2. The lowest BCUT2D eigenvalue weighted by molar-refractivity contribution is -0.152. The van der Waals surface area contributed by atoms with Crippen molar-refractivity contribution in [2.75, 3.05) is 87.6 Å². The summed E-state index contributed by atoms with van der Waals surface area (Å²) in [7, 11) is 3.53. The first kappa shape index (κ1) is 41.8. The van der Waals surface area contributed by atoms with Crippen LogP contribution in [0.1, 0.15) is 59.8 Å². The number of benzene rings is 2. The summed E-state index contributed by atoms with van der Waals surface area (Å²) >= 11 is 0. The summed E-state index contributed by atoms with van der Waals surface area (Å²) in [6.45, 7) is 7.03. The zero-order valence-corrected chi connectivity index (χ0v) is 36.8. The third kappa shape index (κ3) is 7.60. The molecule has 8 heterocycles. The van der Waals surface area contributed by atoms with Gasteiger partial charge in [0.15, 0.2) is 17.2 Å². The van der Waals surface area contributed by atoms with Crippen LogP contribution in [0.3, 0.4) is 0 Å². The molecule has 2 unspecified atom stereocenters. The van der Waals surface area contributed by atoms with Crippen molar-refractivity contribution in [3.8, 4) is 0 Å². The van der Waals surface area contributed by atoms with Gasteiger partial charge >= 0.3 is 5.69 Å². The molecule has 5 aromatic rings. The van der Waals surface area contributed by atoms with Crippen LogP contribution in [0, 0.1) is 5.92 Å². The molecule has 3 aromatic heterocycles. The van der Waals surface area contributed by atoms with Gasteiger partial charge in [-0.05, 0) is 73.4 Å². The largest absolute Gasteiger partial charge is 0.385 e. The number of nitrogens with zero attached hydrogens (tertiary/aromatic N) is 10. The lowest BCUT2D eigenvalue weighted by Crippen LogP contribution is -2.65. The third-order valence-electron chi connectivity index (χ3n) is 14.6. The number of hydrogen-bond donors (Lipinski definition) is 3. The first-order chi connectivity index (χ1) is 31.4. The summed E-state index contributed by atoms with van der Waals surface area (Å²) in [4.78, 5) is 65.9. The molecule has 2 atom stereocenters. The summed E-state index contributed by atoms with van der Waals surface area (Å²) < 4.78 is 36.8. The van der Waals surface area contributed by atoms with Gasteiger partial charge in [-0.1, -0.05) is 12.1 Å². The molecule has 3 N–H and O–H groups in total. The van der Waals surface area contributed by atoms with Crippen LogP contribution in [0.15, 0.2) is 53.5 Å². The molecule has 11 rings (SSSR count). The van der Waals surface area contributed by atoms with E-state index in [4.69, 9.17) is 5.10 Å². The highest BCUT2D eigenvalue weighted by Crippen LogP contribution is 2.40. The van der Waals surface area contributed by atoms with Crippen LogP contribution in [0.5, 0.6) is 0 Å². The number of carbonyl (C=O) groups is 3. The molecule has 4 saturated heterocycles. The second-order valence-corrected chi connectivity index (χ2v) is 18.8. The number of likely N-dealkylation sites (tertiary alicyclic amines) is 2. The Morgan fingerprint density at radius 2 is 1.74 bits per heavy atom. The van der Waals surface area contributed by atoms with Crippen molar-refractivity contribution in [2.24, 2.45) is 13.0 Å². The standard InChI is InChI=1S/C46H55F2N13O4/c1-49-33-21-40(53-61-38(22-50-42(33)61)44(64)51-30-6-7-30)59-15-12-32-29(4-3-5-34(32)59)26-56-14-13-39(46(47,48)27-56)58-24-28(25-58)23-55-16-18-57(19-17-55)31-8-9-35-37(20-31)54(2)45(65)60(35)36-10-11-41(62)52-43(36)63/h3-5,8-9,20-22,28,30,36,39,49H,6-7,10-19,23-27H2,1-2H3,(H,51,64)(H,52,62,63). The van der Waals surface area contributed by atoms with Gasteiger partial charge in [0.05, 0.1) is 35.5 Å². The molecule has 2 aromatic carbocycles. The lowest BCUT2D eigenvalue weighted by atomic mass is 9.90. The van der Waals surface area contributed by atoms with E-state index < -0.39 is 23.9 Å². The normalized spacial score (nSPS) is 23.3. The maximum absolute atomic E-state index is 16.0. The van der Waals surface area contributed by atoms with E-state index in [1.54, 1.807) is 22.3 Å². The predicted molar refractivity (Wildman–Crippen MR) is 241 cm³/mol. The van der Waals surface area contributed by atoms with Gasteiger partial charge in [0, 0.05) is 109 Å². The molecule has 0 spiro atoms. The zero-order chi connectivity index (χ0) is 44.7. The Labute approximate surface area is 374 Å². The summed E-state index contributed by atoms with van der Waals surface area (Å²) in [5, 5.41) is 13.5. The van der Waals surface area contributed by atoms with E-state index in [0.29, 0.717) is 74.2 Å². The number of carbonyl (C=O) groups excluding carboxylic acids is 3. The van der Waals surface area contributed by atoms with Crippen molar-refractivity contribution < 1.29 is 23.2 Å². The summed E-state index contributed by atoms with van der Waals surface area (Å²) in [5.74, 6) is -2.75. The Morgan fingerprint density at radius 1 is 0.923 bits per heavy atom. The van der Waals surface area contributed by atoms with Gasteiger partial charge in [0.2, 0.25) is 11.8 Å². The first-order valence-corrected chi connectivity index (χ1v) is 23.0. The number of alkyl halides is 2. The monoisotopic (exact) mass is 891 g/mol. The van der Waals surface area contributed by atoms with Crippen LogP contribution in [0.2, 0.25) is 0 Å². The number of anilines is 4. The second-order valence-electron chi connectivity index (χ2n) is 18.8. The van der Waals surface area contributed by atoms with Crippen LogP contribution >= 0.6 is 0 Å². The molecule has 1 aliphatic carbocycles. The van der Waals surface area contributed by atoms with E-state index in [-0.39, 0.29) is 36.5 Å². The molecule has 3 amide bonds. The van der Waals surface area contributed by atoms with E-state index in [9.17, 15) is 19.2 Å². The SMILES string of the molecule is CNc1cc(N2CCc3c(CN4CCC(N5CC(CN6CCN(c7ccc8c(c7)n(C)c(=O)n8C7CCC(=O)NC7=O)CC6)C5)C(F)(F)C4)cccc32)nn2c(C(=O)NC3CC3)cnc12. The predicted octanol–water partition coefficient (Wildman–Crippen LogP) is 2.95. The average molecular weight is 892 g/mol. The van der Waals surface area contributed by atoms with Gasteiger partial charge in [-0.2, -0.15) is 0 Å². The molecule has 5 fully saturated rings. The van der Waals surface area contributed by atoms with Crippen molar-refractivity contribution >= 4 is 57.3 Å². The van der Waals surface area contributed by atoms with E-state index in [1.807, 2.05) is 47.2 Å². The second kappa shape index (κ2) is 16.2. The number of rotatable bonds is 11. The fourth-order valence-electron chi connectivity index (χ4n) is 10.9. The summed E-state index contributed by atoms with van der Waals surface area (Å²) in [5.41, 5.74) is 7.04. The lowest BCUT2D eigenvalue weighted by Gasteiger charge is -2.51. The summed E-state index contributed by atoms with van der Waals surface area (Å²) in [6.07, 6.45) is 5.20. The minimum atomic E-state index is -2.83. The highest BCUT2D eigenvalue weighted by Gasteiger charge is 2.50. The Hall–Kier alpha value is -5.92. The van der Waals surface area contributed by atoms with Crippen molar-refractivity contribution in [1.29, 1.82) is 0 Å². The minimum absolute atomic E-state index is 0.191. The number of halogens is 2. The Kier molecular flexibility index (Phi) is 10.4. The van der Waals surface area contributed by atoms with Gasteiger partial charge in [-0.3, -0.25) is 43.5 Å². The number of aromatic nitrogens is 5. The molecule has 6 aliphatic rings. The van der Waals surface area contributed by atoms with Crippen LogP contribution < -0.4 is 31.4 Å². The van der Waals surface area contributed by atoms with Gasteiger partial charge in [-0.25, -0.2) is 23.1 Å². The van der Waals surface area contributed by atoms with E-state index in [1.165, 1.54) is 4.57 Å². The first-order valence-electron chi connectivity index (χ1n) is 23.0. The molecular formula is C46H55F2N13O4. The number of imidazole rings is 2. The van der Waals surface area contributed by atoms with Crippen molar-refractivity contribution in [3.63, 3.8) is 0 Å². The number of piperazine rings is 1. The highest BCUT2D eigenvalue weighted by atomic mass is 19.3. The molecule has 0 bridgehead atoms. The van der Waals surface area contributed by atoms with Gasteiger partial charge in [0.1, 0.15) is 6.04 Å². The smallest absolute Gasteiger partial charge is 0.329 e. The van der Waals surface area contributed by atoms with Crippen LogP contribution in [0.4, 0.5) is 31.7 Å². The van der Waals surface area contributed by atoms with Gasteiger partial charge in [-0.15, -0.1) is 5.10 Å². The van der Waals surface area contributed by atoms with Gasteiger partial charge in [0.25, 0.3) is 11.8 Å². The molecular weight excluding hydrogens is 837 g/mol. The fourth-order valence-corrected chi connectivity index (χ4v) is 10.9. The quantitative estimate of drug-likeness (QED) is 0.167. The molecule has 1 saturated carbocycles. The fraction of sp³-hybridized carbons (Fsp3) is 0.522. The van der Waals surface area contributed by atoms with Crippen LogP contribution in [-0.2, 0) is 29.6 Å². The van der Waals surface area contributed by atoms with Crippen molar-refractivity contribution in [2.45, 2.75) is 69.1 Å². The Bertz CT molecular complexity index is 2770. The molecule has 65 heavy (non-hydrogen) atoms. The third-order valence-corrected chi connectivity index (χ3v) is 14.6. The molecule has 342 valence electrons. The number of imide groups is 1. The van der Waals surface area contributed by atoms with E-state index in [0.717, 1.165) is 85.7 Å². The number of nitrogens with one attached hydrogen (secondary N) is 3. The van der Waals surface area contributed by atoms with E-state index in [2.05, 4.69) is 47.8 Å². The molecule has 19 heteroatoms. The topological polar surface area (TPSA) is 161 Å². The van der Waals surface area contributed by atoms with Crippen molar-refractivity contribution in [1.82, 2.24) is 49.1 Å². The Balaban J connectivity index is 0.680. The van der Waals surface area contributed by atoms with Gasteiger partial charge < -0.3 is 20.4 Å². The number of amides is 3. The highest BCUT2D eigenvalue weighted by molar-refractivity contribution is 6.00. The number of fused-ring (bicyclic) bond motifs is 3. The van der Waals surface area contributed by atoms with Crippen LogP contribution in [-0.4, -0.2) is 147 Å². The number of aryl methyl sites for hydroxylation is 1. The van der Waals surface area contributed by atoms with Crippen LogP contribution in [0.25, 0.3) is 16.7 Å². The number of hydrogen-bond acceptors (Lipinski definition) is 12. The molecule has 5 aliphatic heterocycles. The summed E-state index contributed by atoms with van der Waals surface area (Å²) in [6, 6.07) is 12.7. The molecule has 0 radical (unpaired) electrons. The average Bonchev–Trinajstić information content (AvgIpc) is 3.71. The van der Waals surface area contributed by atoms with E-state index >= 15 is 8.78 Å². The molecule has 17 nitrogen and oxygen atoms in total. The maximum Gasteiger partial charge on any atom is 0.329 e.